The van der Waals surface area contributed by atoms with Gasteiger partial charge in [0, 0.05) is 13.0 Å². The van der Waals surface area contributed by atoms with Gasteiger partial charge in [0.2, 0.25) is 5.91 Å². The van der Waals surface area contributed by atoms with Gasteiger partial charge in [0.15, 0.2) is 0 Å². The van der Waals surface area contributed by atoms with Gasteiger partial charge in [0.05, 0.1) is 12.6 Å². The second-order valence-corrected chi connectivity index (χ2v) is 2.71. The molecule has 0 aromatic rings. The van der Waals surface area contributed by atoms with E-state index in [0.29, 0.717) is 13.0 Å². The zero-order valence-electron chi connectivity index (χ0n) is 6.49. The van der Waals surface area contributed by atoms with Crippen LogP contribution in [0.3, 0.4) is 0 Å². The van der Waals surface area contributed by atoms with E-state index in [9.17, 15) is 4.79 Å². The lowest BCUT2D eigenvalue weighted by atomic mass is 10.2. The van der Waals surface area contributed by atoms with Gasteiger partial charge in [-0.05, 0) is 6.42 Å². The molecule has 1 heterocycles. The van der Waals surface area contributed by atoms with Gasteiger partial charge in [-0.15, -0.1) is 6.58 Å². The van der Waals surface area contributed by atoms with Crippen molar-refractivity contribution in [3.63, 3.8) is 0 Å². The van der Waals surface area contributed by atoms with E-state index in [4.69, 9.17) is 5.11 Å². The summed E-state index contributed by atoms with van der Waals surface area (Å²) < 4.78 is 0. The Morgan fingerprint density at radius 2 is 2.55 bits per heavy atom. The van der Waals surface area contributed by atoms with E-state index >= 15 is 0 Å². The zero-order valence-corrected chi connectivity index (χ0v) is 6.49. The molecular formula is C8H13NO2. The first kappa shape index (κ1) is 8.27. The number of nitrogens with zero attached hydrogens (tertiary/aromatic N) is 1. The minimum atomic E-state index is 0.0282. The summed E-state index contributed by atoms with van der Waals surface area (Å²) in [5.74, 6) is 0.129. The maximum atomic E-state index is 11.1. The minimum Gasteiger partial charge on any atom is -0.394 e. The number of hydrogen-bond donors (Lipinski definition) is 1. The minimum absolute atomic E-state index is 0.0282. The Morgan fingerprint density at radius 1 is 1.82 bits per heavy atom. The summed E-state index contributed by atoms with van der Waals surface area (Å²) in [7, 11) is 0. The molecule has 1 saturated heterocycles. The summed E-state index contributed by atoms with van der Waals surface area (Å²) in [6, 6.07) is 0.0282. The third-order valence-corrected chi connectivity index (χ3v) is 1.99. The SMILES string of the molecule is C=CCN1C(=O)CCC1CO. The van der Waals surface area contributed by atoms with E-state index in [1.54, 1.807) is 11.0 Å². The van der Waals surface area contributed by atoms with Crippen LogP contribution in [0.2, 0.25) is 0 Å². The molecule has 1 atom stereocenters. The van der Waals surface area contributed by atoms with Gasteiger partial charge in [0.1, 0.15) is 0 Å². The quantitative estimate of drug-likeness (QED) is 0.589. The fraction of sp³-hybridized carbons (Fsp3) is 0.625. The highest BCUT2D eigenvalue weighted by Gasteiger charge is 2.28. The monoisotopic (exact) mass is 155 g/mol. The van der Waals surface area contributed by atoms with Crippen molar-refractivity contribution in [1.29, 1.82) is 0 Å². The lowest BCUT2D eigenvalue weighted by Crippen LogP contribution is -2.35. The fourth-order valence-corrected chi connectivity index (χ4v) is 1.37. The zero-order chi connectivity index (χ0) is 8.27. The summed E-state index contributed by atoms with van der Waals surface area (Å²) in [5, 5.41) is 8.85. The molecule has 0 aromatic heterocycles. The Bertz CT molecular complexity index is 167. The molecule has 1 aliphatic heterocycles. The number of carbonyl (C=O) groups is 1. The highest BCUT2D eigenvalue weighted by atomic mass is 16.3. The van der Waals surface area contributed by atoms with E-state index in [1.165, 1.54) is 0 Å². The number of aliphatic hydroxyl groups excluding tert-OH is 1. The van der Waals surface area contributed by atoms with Crippen LogP contribution in [-0.2, 0) is 4.79 Å². The Labute approximate surface area is 66.3 Å². The molecule has 0 radical (unpaired) electrons. The maximum absolute atomic E-state index is 11.1. The summed E-state index contributed by atoms with van der Waals surface area (Å²) in [4.78, 5) is 12.8. The van der Waals surface area contributed by atoms with Crippen LogP contribution in [0.15, 0.2) is 12.7 Å². The van der Waals surface area contributed by atoms with Crippen LogP contribution >= 0.6 is 0 Å². The Balaban J connectivity index is 2.55. The maximum Gasteiger partial charge on any atom is 0.223 e. The molecule has 1 aliphatic rings. The number of hydrogen-bond acceptors (Lipinski definition) is 2. The molecule has 3 nitrogen and oxygen atoms in total. The third kappa shape index (κ3) is 1.60. The van der Waals surface area contributed by atoms with Crippen LogP contribution in [0.25, 0.3) is 0 Å². The van der Waals surface area contributed by atoms with Crippen LogP contribution < -0.4 is 0 Å². The largest absolute Gasteiger partial charge is 0.394 e. The number of rotatable bonds is 3. The van der Waals surface area contributed by atoms with E-state index in [1.807, 2.05) is 0 Å². The molecule has 1 fully saturated rings. The first-order valence-electron chi connectivity index (χ1n) is 3.80. The highest BCUT2D eigenvalue weighted by Crippen LogP contribution is 2.17. The summed E-state index contributed by atoms with van der Waals surface area (Å²) >= 11 is 0. The molecule has 62 valence electrons. The van der Waals surface area contributed by atoms with Crippen molar-refractivity contribution < 1.29 is 9.90 Å². The van der Waals surface area contributed by atoms with Gasteiger partial charge in [-0.1, -0.05) is 6.08 Å². The molecule has 0 spiro atoms. The van der Waals surface area contributed by atoms with Crippen LogP contribution in [0, 0.1) is 0 Å². The van der Waals surface area contributed by atoms with Crippen molar-refractivity contribution in [3.05, 3.63) is 12.7 Å². The van der Waals surface area contributed by atoms with Crippen molar-refractivity contribution >= 4 is 5.91 Å². The van der Waals surface area contributed by atoms with Gasteiger partial charge in [-0.3, -0.25) is 4.79 Å². The topological polar surface area (TPSA) is 40.5 Å². The normalized spacial score (nSPS) is 24.3. The lowest BCUT2D eigenvalue weighted by molar-refractivity contribution is -0.128. The Morgan fingerprint density at radius 3 is 3.09 bits per heavy atom. The lowest BCUT2D eigenvalue weighted by Gasteiger charge is -2.20. The van der Waals surface area contributed by atoms with E-state index in [0.717, 1.165) is 6.42 Å². The van der Waals surface area contributed by atoms with Crippen LogP contribution in [0.5, 0.6) is 0 Å². The summed E-state index contributed by atoms with van der Waals surface area (Å²) in [6.45, 7) is 4.18. The van der Waals surface area contributed by atoms with Crippen LogP contribution in [0.4, 0.5) is 0 Å². The van der Waals surface area contributed by atoms with Crippen LogP contribution in [-0.4, -0.2) is 35.1 Å². The van der Waals surface area contributed by atoms with Crippen molar-refractivity contribution in [1.82, 2.24) is 4.90 Å². The highest BCUT2D eigenvalue weighted by molar-refractivity contribution is 5.78. The number of aliphatic hydroxyl groups is 1. The number of carbonyl (C=O) groups excluding carboxylic acids is 1. The summed E-state index contributed by atoms with van der Waals surface area (Å²) in [6.07, 6.45) is 3.04. The Kier molecular flexibility index (Phi) is 2.65. The van der Waals surface area contributed by atoms with Crippen molar-refractivity contribution in [3.8, 4) is 0 Å². The van der Waals surface area contributed by atoms with Crippen LogP contribution in [0.1, 0.15) is 12.8 Å². The third-order valence-electron chi connectivity index (χ3n) is 1.99. The molecule has 0 aromatic carbocycles. The van der Waals surface area contributed by atoms with E-state index in [2.05, 4.69) is 6.58 Å². The summed E-state index contributed by atoms with van der Waals surface area (Å²) in [5.41, 5.74) is 0. The van der Waals surface area contributed by atoms with E-state index in [-0.39, 0.29) is 18.6 Å². The molecular weight excluding hydrogens is 142 g/mol. The van der Waals surface area contributed by atoms with Gasteiger partial charge in [0.25, 0.3) is 0 Å². The van der Waals surface area contributed by atoms with Gasteiger partial charge in [-0.2, -0.15) is 0 Å². The first-order valence-corrected chi connectivity index (χ1v) is 3.80. The molecule has 0 aliphatic carbocycles. The van der Waals surface area contributed by atoms with Crippen molar-refractivity contribution in [2.45, 2.75) is 18.9 Å². The smallest absolute Gasteiger partial charge is 0.223 e. The van der Waals surface area contributed by atoms with Gasteiger partial charge in [-0.25, -0.2) is 0 Å². The van der Waals surface area contributed by atoms with Crippen molar-refractivity contribution in [2.75, 3.05) is 13.2 Å². The second-order valence-electron chi connectivity index (χ2n) is 2.71. The average molecular weight is 155 g/mol. The molecule has 0 bridgehead atoms. The number of amides is 1. The van der Waals surface area contributed by atoms with E-state index < -0.39 is 0 Å². The standard InChI is InChI=1S/C8H13NO2/c1-2-5-9-7(6-10)3-4-8(9)11/h2,7,10H,1,3-6H2. The first-order chi connectivity index (χ1) is 5.29. The Hall–Kier alpha value is -0.830. The second kappa shape index (κ2) is 3.53. The molecule has 3 heteroatoms. The predicted molar refractivity (Wildman–Crippen MR) is 42.0 cm³/mol. The molecule has 0 saturated carbocycles. The number of likely N-dealkylation sites (tertiary alicyclic amines) is 1. The molecule has 11 heavy (non-hydrogen) atoms. The molecule has 1 unspecified atom stereocenters. The molecule has 1 amide bonds. The average Bonchev–Trinajstić information content (AvgIpc) is 2.34. The van der Waals surface area contributed by atoms with Gasteiger partial charge < -0.3 is 10.0 Å². The van der Waals surface area contributed by atoms with Crippen molar-refractivity contribution in [2.24, 2.45) is 0 Å². The fourth-order valence-electron chi connectivity index (χ4n) is 1.37. The molecule has 1 rings (SSSR count). The molecule has 1 N–H and O–H groups in total. The van der Waals surface area contributed by atoms with Gasteiger partial charge >= 0.3 is 0 Å². The predicted octanol–water partition coefficient (Wildman–Crippen LogP) is 0.156.